The number of hydrogen-bond donors (Lipinski definition) is 2. The molecule has 0 saturated carbocycles. The zero-order valence-electron chi connectivity index (χ0n) is 26.3. The molecular weight excluding hydrogens is 691 g/mol. The molecule has 2 nitrogen and oxygen atoms in total. The molecule has 0 heterocycles. The quantitative estimate of drug-likeness (QED) is 0.216. The Morgan fingerprint density at radius 1 is 0.571 bits per heavy atom. The predicted octanol–water partition coefficient (Wildman–Crippen LogP) is 10.2. The molecule has 0 aromatic carbocycles. The van der Waals surface area contributed by atoms with Crippen molar-refractivity contribution in [3.05, 3.63) is 12.4 Å². The minimum Gasteiger partial charge on any atom is -0.653 e. The second kappa shape index (κ2) is 14.9. The van der Waals surface area contributed by atoms with Gasteiger partial charge in [-0.05, 0) is 53.8 Å². The molecule has 0 rings (SSSR count). The Morgan fingerprint density at radius 2 is 0.886 bits per heavy atom. The maximum atomic E-state index is 4.97. The average Bonchev–Trinajstić information content (AvgIpc) is 2.46. The summed E-state index contributed by atoms with van der Waals surface area (Å²) in [6, 6.07) is 0.613. The zero-order valence-corrected chi connectivity index (χ0v) is 32.3. The van der Waals surface area contributed by atoms with Gasteiger partial charge in [0.1, 0.15) is 0 Å². The first kappa shape index (κ1) is 43.7. The SMILES string of the molecule is C.CC(C)(C)[N-]C(C(S)C(C)(C)C)C(C)(C)C.[CH2-]N(C(C(S)C(C)(C)C)C(C)(C)C)C(C)(C)C.[U+2]. The monoisotopic (exact) mass is 757 g/mol. The van der Waals surface area contributed by atoms with Gasteiger partial charge >= 0.3 is 31.1 Å². The van der Waals surface area contributed by atoms with Gasteiger partial charge in [-0.15, -0.1) is 11.6 Å². The van der Waals surface area contributed by atoms with Crippen LogP contribution >= 0.6 is 25.3 Å². The summed E-state index contributed by atoms with van der Waals surface area (Å²) < 4.78 is 0. The van der Waals surface area contributed by atoms with Crippen LogP contribution in [0.5, 0.6) is 0 Å². The van der Waals surface area contributed by atoms with E-state index in [4.69, 9.17) is 30.6 Å². The first-order chi connectivity index (χ1) is 13.9. The third-order valence-corrected chi connectivity index (χ3v) is 7.99. The van der Waals surface area contributed by atoms with E-state index in [0.717, 1.165) is 0 Å². The van der Waals surface area contributed by atoms with Gasteiger partial charge < -0.3 is 10.2 Å². The van der Waals surface area contributed by atoms with Crippen LogP contribution in [0.3, 0.4) is 0 Å². The molecule has 0 fully saturated rings. The molecule has 0 bridgehead atoms. The van der Waals surface area contributed by atoms with Crippen LogP contribution in [0.2, 0.25) is 0 Å². The molecule has 4 atom stereocenters. The Morgan fingerprint density at radius 3 is 1.06 bits per heavy atom. The van der Waals surface area contributed by atoms with Gasteiger partial charge in [0.2, 0.25) is 0 Å². The van der Waals surface area contributed by atoms with Crippen molar-refractivity contribution in [1.82, 2.24) is 4.90 Å². The van der Waals surface area contributed by atoms with E-state index < -0.39 is 0 Å². The van der Waals surface area contributed by atoms with Crippen LogP contribution in [-0.2, 0) is 0 Å². The Hall–Kier alpha value is 1.67. The number of rotatable bonds is 4. The van der Waals surface area contributed by atoms with Gasteiger partial charge in [-0.25, -0.2) is 0 Å². The molecule has 0 aromatic rings. The Labute approximate surface area is 259 Å². The van der Waals surface area contributed by atoms with Crippen LogP contribution in [0.1, 0.15) is 132 Å². The largest absolute Gasteiger partial charge is 2.00 e. The number of thiol groups is 2. The van der Waals surface area contributed by atoms with Crippen LogP contribution in [0.4, 0.5) is 0 Å². The second-order valence-corrected chi connectivity index (χ2v) is 17.3. The minimum absolute atomic E-state index is 0. The molecule has 0 aliphatic heterocycles. The van der Waals surface area contributed by atoms with Crippen LogP contribution in [0.25, 0.3) is 5.32 Å². The van der Waals surface area contributed by atoms with Gasteiger partial charge in [0.25, 0.3) is 0 Å². The molecule has 0 radical (unpaired) electrons. The summed E-state index contributed by atoms with van der Waals surface area (Å²) in [6.45, 7) is 40.2. The van der Waals surface area contributed by atoms with Crippen LogP contribution in [0.15, 0.2) is 0 Å². The molecule has 0 N–H and O–H groups in total. The summed E-state index contributed by atoms with van der Waals surface area (Å²) >= 11 is 9.71. The summed E-state index contributed by atoms with van der Waals surface area (Å²) in [4.78, 5) is 2.23. The van der Waals surface area contributed by atoms with Gasteiger partial charge in [-0.1, -0.05) is 117 Å². The van der Waals surface area contributed by atoms with E-state index in [1.165, 1.54) is 0 Å². The molecule has 0 spiro atoms. The van der Waals surface area contributed by atoms with E-state index in [0.29, 0.717) is 11.3 Å². The van der Waals surface area contributed by atoms with Gasteiger partial charge in [0.05, 0.1) is 0 Å². The Bertz CT molecular complexity index is 544. The fraction of sp³-hybridized carbons (Fsp3) is 0.967. The predicted molar refractivity (Wildman–Crippen MR) is 168 cm³/mol. The Kier molecular flexibility index (Phi) is 18.6. The third-order valence-electron chi connectivity index (χ3n) is 5.87. The summed E-state index contributed by atoms with van der Waals surface area (Å²) in [5, 5.41) is 5.55. The van der Waals surface area contributed by atoms with Crippen molar-refractivity contribution < 1.29 is 31.1 Å². The maximum absolute atomic E-state index is 4.97. The topological polar surface area (TPSA) is 17.3 Å². The number of nitrogens with zero attached hydrogens (tertiary/aromatic N) is 2. The number of hydrogen-bond acceptors (Lipinski definition) is 3. The van der Waals surface area contributed by atoms with E-state index >= 15 is 0 Å². The summed E-state index contributed by atoms with van der Waals surface area (Å²) in [6.07, 6.45) is 0. The van der Waals surface area contributed by atoms with Gasteiger partial charge in [0, 0.05) is 5.25 Å². The van der Waals surface area contributed by atoms with Crippen molar-refractivity contribution in [3.63, 3.8) is 0 Å². The molecule has 0 amide bonds. The van der Waals surface area contributed by atoms with E-state index in [-0.39, 0.29) is 82.6 Å². The summed E-state index contributed by atoms with van der Waals surface area (Å²) in [5.74, 6) is 0. The van der Waals surface area contributed by atoms with Crippen LogP contribution in [-0.4, -0.2) is 38.6 Å². The van der Waals surface area contributed by atoms with Gasteiger partial charge in [-0.3, -0.25) is 7.05 Å². The normalized spacial score (nSPS) is 17.3. The molecule has 0 aliphatic carbocycles. The van der Waals surface area contributed by atoms with Crippen LogP contribution in [0, 0.1) is 59.8 Å². The van der Waals surface area contributed by atoms with Crippen molar-refractivity contribution in [1.29, 1.82) is 0 Å². The minimum atomic E-state index is 0. The van der Waals surface area contributed by atoms with Crippen molar-refractivity contribution >= 4 is 25.3 Å². The van der Waals surface area contributed by atoms with Crippen LogP contribution < -0.4 is 0 Å². The molecule has 5 heteroatoms. The Balaban J connectivity index is -0.000000260. The molecule has 0 saturated heterocycles. The molecule has 4 unspecified atom stereocenters. The second-order valence-electron chi connectivity index (χ2n) is 16.2. The smallest absolute Gasteiger partial charge is 0.653 e. The zero-order chi connectivity index (χ0) is 27.6. The van der Waals surface area contributed by atoms with Crippen molar-refractivity contribution in [2.75, 3.05) is 0 Å². The molecule has 212 valence electrons. The summed E-state index contributed by atoms with van der Waals surface area (Å²) in [5.41, 5.74) is 0.730. The molecule has 0 aromatic heterocycles. The fourth-order valence-corrected chi connectivity index (χ4v) is 4.75. The standard InChI is InChI=1S/C15H32NS.C14H30NS.CH4.U/c1-13(2,3)11(12(17)14(4,5)6)16(10)15(7,8)9;1-12(2,3)10(15-14(7,8)9)11(16)13(4,5)6;;/h11-12,17H,10H2,1-9H3;10-11,16H,1-9H3;1H4;/q2*-1;;+2. The van der Waals surface area contributed by atoms with Crippen molar-refractivity contribution in [2.24, 2.45) is 21.7 Å². The van der Waals surface area contributed by atoms with E-state index in [1.54, 1.807) is 0 Å². The fourth-order valence-electron chi connectivity index (χ4n) is 3.63. The molecule has 35 heavy (non-hydrogen) atoms. The van der Waals surface area contributed by atoms with Crippen molar-refractivity contribution in [2.45, 2.75) is 166 Å². The molecule has 0 aliphatic rings. The van der Waals surface area contributed by atoms with Gasteiger partial charge in [0.15, 0.2) is 0 Å². The van der Waals surface area contributed by atoms with Gasteiger partial charge in [-0.2, -0.15) is 25.3 Å². The summed E-state index contributed by atoms with van der Waals surface area (Å²) in [7, 11) is 4.30. The van der Waals surface area contributed by atoms with E-state index in [9.17, 15) is 0 Å². The van der Waals surface area contributed by atoms with Crippen molar-refractivity contribution in [3.8, 4) is 0 Å². The average molecular weight is 757 g/mol. The first-order valence-corrected chi connectivity index (χ1v) is 13.7. The molecular formula is C30H66N2S2U. The first-order valence-electron chi connectivity index (χ1n) is 12.6. The third kappa shape index (κ3) is 17.1. The maximum Gasteiger partial charge on any atom is 2.00 e. The van der Waals surface area contributed by atoms with E-state index in [2.05, 4.69) is 137 Å². The van der Waals surface area contributed by atoms with E-state index in [1.807, 2.05) is 0 Å².